The minimum absolute atomic E-state index is 0.126. The van der Waals surface area contributed by atoms with Crippen LogP contribution in [0.25, 0.3) is 10.2 Å². The van der Waals surface area contributed by atoms with Gasteiger partial charge in [0.2, 0.25) is 5.91 Å². The second-order valence-electron chi connectivity index (χ2n) is 6.79. The van der Waals surface area contributed by atoms with Crippen molar-refractivity contribution >= 4 is 38.3 Å². The Morgan fingerprint density at radius 3 is 2.45 bits per heavy atom. The summed E-state index contributed by atoms with van der Waals surface area (Å²) in [6, 6.07) is 13.1. The van der Waals surface area contributed by atoms with Crippen molar-refractivity contribution in [2.75, 3.05) is 23.3 Å². The number of para-hydroxylation sites is 1. The molecule has 5 nitrogen and oxygen atoms in total. The Hall–Kier alpha value is -2.81. The third-order valence-corrected chi connectivity index (χ3v) is 5.87. The molecule has 0 unspecified atom stereocenters. The highest BCUT2D eigenvalue weighted by Crippen LogP contribution is 2.32. The molecule has 29 heavy (non-hydrogen) atoms. The Bertz CT molecular complexity index is 963. The van der Waals surface area contributed by atoms with Gasteiger partial charge in [-0.2, -0.15) is 0 Å². The number of carbonyl (C=O) groups is 1. The number of hydrogen-bond acceptors (Lipinski definition) is 5. The number of fused-ring (bicyclic) bond motifs is 1. The van der Waals surface area contributed by atoms with Gasteiger partial charge in [0.05, 0.1) is 10.2 Å². The molecule has 1 aliphatic rings. The fourth-order valence-electron chi connectivity index (χ4n) is 3.31. The van der Waals surface area contributed by atoms with Crippen LogP contribution in [-0.2, 0) is 4.79 Å². The molecule has 3 aromatic rings. The number of nitrogens with zero attached hydrogens (tertiary/aromatic N) is 2. The minimum Gasteiger partial charge on any atom is -0.406 e. The summed E-state index contributed by atoms with van der Waals surface area (Å²) in [5.41, 5.74) is 1.42. The van der Waals surface area contributed by atoms with Crippen LogP contribution < -0.4 is 15.0 Å². The Labute approximate surface area is 169 Å². The van der Waals surface area contributed by atoms with E-state index < -0.39 is 6.36 Å². The lowest BCUT2D eigenvalue weighted by molar-refractivity contribution is -0.274. The molecule has 1 fully saturated rings. The van der Waals surface area contributed by atoms with E-state index in [9.17, 15) is 18.0 Å². The van der Waals surface area contributed by atoms with E-state index in [1.54, 1.807) is 11.3 Å². The fourth-order valence-corrected chi connectivity index (χ4v) is 4.33. The summed E-state index contributed by atoms with van der Waals surface area (Å²) in [5, 5.41) is 3.73. The predicted octanol–water partition coefficient (Wildman–Crippen LogP) is 5.05. The molecule has 152 valence electrons. The van der Waals surface area contributed by atoms with Crippen molar-refractivity contribution in [1.29, 1.82) is 0 Å². The normalized spacial score (nSPS) is 15.5. The molecular formula is C20H18F3N3O2S. The molecule has 2 heterocycles. The summed E-state index contributed by atoms with van der Waals surface area (Å²) in [6.45, 7) is 1.46. The van der Waals surface area contributed by atoms with Crippen molar-refractivity contribution in [2.24, 2.45) is 5.92 Å². The highest BCUT2D eigenvalue weighted by molar-refractivity contribution is 7.22. The Balaban J connectivity index is 1.32. The molecule has 1 aliphatic heterocycles. The summed E-state index contributed by atoms with van der Waals surface area (Å²) >= 11 is 1.64. The van der Waals surface area contributed by atoms with Gasteiger partial charge in [0.1, 0.15) is 5.75 Å². The lowest BCUT2D eigenvalue weighted by Gasteiger charge is -2.31. The number of benzene rings is 2. The third-order valence-electron chi connectivity index (χ3n) is 4.77. The first-order valence-corrected chi connectivity index (χ1v) is 9.96. The highest BCUT2D eigenvalue weighted by atomic mass is 32.1. The second kappa shape index (κ2) is 7.90. The van der Waals surface area contributed by atoms with Gasteiger partial charge in [-0.1, -0.05) is 23.5 Å². The summed E-state index contributed by atoms with van der Waals surface area (Å²) in [4.78, 5) is 19.4. The first-order valence-electron chi connectivity index (χ1n) is 9.14. The molecule has 0 spiro atoms. The Morgan fingerprint density at radius 1 is 1.10 bits per heavy atom. The average molecular weight is 421 g/mol. The molecule has 2 aromatic carbocycles. The van der Waals surface area contributed by atoms with Crippen LogP contribution in [0.15, 0.2) is 48.5 Å². The lowest BCUT2D eigenvalue weighted by Crippen LogP contribution is -2.38. The fraction of sp³-hybridized carbons (Fsp3) is 0.300. The van der Waals surface area contributed by atoms with Crippen molar-refractivity contribution in [3.63, 3.8) is 0 Å². The van der Waals surface area contributed by atoms with Gasteiger partial charge in [-0.25, -0.2) is 4.98 Å². The Kier molecular flexibility index (Phi) is 5.31. The number of carbonyl (C=O) groups excluding carboxylic acids is 1. The van der Waals surface area contributed by atoms with Gasteiger partial charge >= 0.3 is 6.36 Å². The minimum atomic E-state index is -4.73. The van der Waals surface area contributed by atoms with Crippen LogP contribution >= 0.6 is 11.3 Å². The van der Waals surface area contributed by atoms with E-state index in [2.05, 4.69) is 19.9 Å². The van der Waals surface area contributed by atoms with Crippen molar-refractivity contribution in [1.82, 2.24) is 4.98 Å². The van der Waals surface area contributed by atoms with E-state index in [0.717, 1.165) is 28.4 Å². The van der Waals surface area contributed by atoms with Gasteiger partial charge in [0, 0.05) is 24.7 Å². The molecule has 1 amide bonds. The predicted molar refractivity (Wildman–Crippen MR) is 106 cm³/mol. The number of thiazole rings is 1. The van der Waals surface area contributed by atoms with Crippen LogP contribution in [0.2, 0.25) is 0 Å². The number of aromatic nitrogens is 1. The van der Waals surface area contributed by atoms with Gasteiger partial charge in [-0.15, -0.1) is 13.2 Å². The zero-order valence-electron chi connectivity index (χ0n) is 15.3. The van der Waals surface area contributed by atoms with Crippen molar-refractivity contribution in [2.45, 2.75) is 19.2 Å². The molecule has 0 bridgehead atoms. The van der Waals surface area contributed by atoms with Crippen LogP contribution in [0.3, 0.4) is 0 Å². The number of amides is 1. The van der Waals surface area contributed by atoms with E-state index in [-0.39, 0.29) is 17.6 Å². The van der Waals surface area contributed by atoms with E-state index in [0.29, 0.717) is 18.5 Å². The molecule has 0 atom stereocenters. The van der Waals surface area contributed by atoms with E-state index >= 15 is 0 Å². The van der Waals surface area contributed by atoms with Gasteiger partial charge < -0.3 is 15.0 Å². The van der Waals surface area contributed by atoms with Crippen LogP contribution in [-0.4, -0.2) is 30.3 Å². The summed E-state index contributed by atoms with van der Waals surface area (Å²) in [7, 11) is 0. The quantitative estimate of drug-likeness (QED) is 0.641. The molecule has 1 saturated heterocycles. The van der Waals surface area contributed by atoms with Crippen LogP contribution in [0.4, 0.5) is 24.0 Å². The number of anilines is 2. The zero-order valence-corrected chi connectivity index (χ0v) is 16.1. The monoisotopic (exact) mass is 421 g/mol. The summed E-state index contributed by atoms with van der Waals surface area (Å²) < 4.78 is 41.6. The Morgan fingerprint density at radius 2 is 1.79 bits per heavy atom. The number of halogens is 3. The largest absolute Gasteiger partial charge is 0.573 e. The van der Waals surface area contributed by atoms with E-state index in [1.807, 2.05) is 24.3 Å². The van der Waals surface area contributed by atoms with Gasteiger partial charge in [0.15, 0.2) is 5.13 Å². The second-order valence-corrected chi connectivity index (χ2v) is 7.80. The number of hydrogen-bond donors (Lipinski definition) is 1. The molecule has 4 rings (SSSR count). The smallest absolute Gasteiger partial charge is 0.406 e. The molecule has 1 aromatic heterocycles. The summed E-state index contributed by atoms with van der Waals surface area (Å²) in [6.07, 6.45) is -3.35. The average Bonchev–Trinajstić information content (AvgIpc) is 3.13. The lowest BCUT2D eigenvalue weighted by atomic mass is 9.96. The van der Waals surface area contributed by atoms with Crippen molar-refractivity contribution in [3.8, 4) is 5.75 Å². The third kappa shape index (κ3) is 4.79. The zero-order chi connectivity index (χ0) is 20.4. The molecule has 0 saturated carbocycles. The first-order chi connectivity index (χ1) is 13.9. The molecule has 9 heteroatoms. The highest BCUT2D eigenvalue weighted by Gasteiger charge is 2.31. The topological polar surface area (TPSA) is 54.5 Å². The van der Waals surface area contributed by atoms with Gasteiger partial charge in [-0.3, -0.25) is 4.79 Å². The van der Waals surface area contributed by atoms with Crippen molar-refractivity contribution < 1.29 is 22.7 Å². The molecular weight excluding hydrogens is 403 g/mol. The number of piperidine rings is 1. The number of alkyl halides is 3. The number of ether oxygens (including phenoxy) is 1. The molecule has 0 radical (unpaired) electrons. The van der Waals surface area contributed by atoms with Gasteiger partial charge in [0.25, 0.3) is 0 Å². The maximum Gasteiger partial charge on any atom is 0.573 e. The van der Waals surface area contributed by atoms with Crippen molar-refractivity contribution in [3.05, 3.63) is 48.5 Å². The van der Waals surface area contributed by atoms with Crippen LogP contribution in [0.1, 0.15) is 12.8 Å². The number of nitrogens with one attached hydrogen (secondary N) is 1. The SMILES string of the molecule is O=C(Nc1ccc(OC(F)(F)F)cc1)C1CCN(c2nc3ccccc3s2)CC1. The summed E-state index contributed by atoms with van der Waals surface area (Å²) in [5.74, 6) is -0.593. The van der Waals surface area contributed by atoms with Crippen LogP contribution in [0, 0.1) is 5.92 Å². The van der Waals surface area contributed by atoms with E-state index in [4.69, 9.17) is 0 Å². The molecule has 0 aliphatic carbocycles. The maximum absolute atomic E-state index is 12.5. The molecule has 1 N–H and O–H groups in total. The van der Waals surface area contributed by atoms with Gasteiger partial charge in [-0.05, 0) is 49.2 Å². The van der Waals surface area contributed by atoms with Crippen LogP contribution in [0.5, 0.6) is 5.75 Å². The standard InChI is InChI=1S/C20H18F3N3O2S/c21-20(22,23)28-15-7-5-14(6-8-15)24-18(27)13-9-11-26(12-10-13)19-25-16-3-1-2-4-17(16)29-19/h1-8,13H,9-12H2,(H,24,27). The first kappa shape index (κ1) is 19.5. The number of rotatable bonds is 4. The maximum atomic E-state index is 12.5. The van der Waals surface area contributed by atoms with E-state index in [1.165, 1.54) is 24.3 Å².